The molecule has 0 bridgehead atoms. The number of hydrogen-bond acceptors (Lipinski definition) is 5. The molecule has 0 fully saturated rings. The molecule has 1 aliphatic rings. The molecular formula is C18H12F2N2O3S. The van der Waals surface area contributed by atoms with Crippen LogP contribution in [-0.2, 0) is 4.79 Å². The molecule has 5 nitrogen and oxygen atoms in total. The number of carbonyl (C=O) groups is 1. The fraction of sp³-hybridized carbons (Fsp3) is 0.111. The Balaban J connectivity index is 1.76. The molecule has 1 heterocycles. The summed E-state index contributed by atoms with van der Waals surface area (Å²) in [4.78, 5) is 12.7. The van der Waals surface area contributed by atoms with Crippen LogP contribution in [-0.4, -0.2) is 18.5 Å². The molecule has 2 aromatic carbocycles. The summed E-state index contributed by atoms with van der Waals surface area (Å²) >= 11 is 0.414. The van der Waals surface area contributed by atoms with E-state index in [1.54, 1.807) is 18.2 Å². The number of fused-ring (bicyclic) bond motifs is 1. The van der Waals surface area contributed by atoms with Crippen molar-refractivity contribution in [1.29, 1.82) is 5.26 Å². The minimum absolute atomic E-state index is 0.0806. The maximum Gasteiger partial charge on any atom is 0.288 e. The number of carbonyl (C=O) groups excluding carboxylic acids is 1. The number of ether oxygens (including phenoxy) is 2. The highest BCUT2D eigenvalue weighted by Gasteiger charge is 2.18. The molecule has 0 spiro atoms. The lowest BCUT2D eigenvalue weighted by Crippen LogP contribution is -2.13. The van der Waals surface area contributed by atoms with Gasteiger partial charge in [-0.15, -0.1) is 0 Å². The standard InChI is InChI=1S/C18H12F2N2O3S/c19-18(20)26-14-6-4-13(5-7-14)22-17(23)12(9-21)8-11-2-1-3-15-16(11)25-10-24-15/h1-8,18H,10H2,(H,22,23). The van der Waals surface area contributed by atoms with Gasteiger partial charge in [-0.1, -0.05) is 23.9 Å². The number of amides is 1. The average Bonchev–Trinajstić information content (AvgIpc) is 3.10. The van der Waals surface area contributed by atoms with Gasteiger partial charge in [-0.05, 0) is 36.4 Å². The van der Waals surface area contributed by atoms with Gasteiger partial charge in [0.15, 0.2) is 11.5 Å². The maximum atomic E-state index is 12.3. The van der Waals surface area contributed by atoms with Gasteiger partial charge in [0.25, 0.3) is 11.7 Å². The zero-order chi connectivity index (χ0) is 18.5. The van der Waals surface area contributed by atoms with E-state index in [2.05, 4.69) is 5.32 Å². The van der Waals surface area contributed by atoms with E-state index in [9.17, 15) is 18.8 Å². The normalized spacial score (nSPS) is 12.8. The first-order valence-electron chi connectivity index (χ1n) is 7.43. The zero-order valence-corrected chi connectivity index (χ0v) is 14.1. The highest BCUT2D eigenvalue weighted by atomic mass is 32.2. The van der Waals surface area contributed by atoms with Gasteiger partial charge in [0.2, 0.25) is 6.79 Å². The summed E-state index contributed by atoms with van der Waals surface area (Å²) in [6, 6.07) is 12.9. The number of thioether (sulfide) groups is 1. The smallest absolute Gasteiger partial charge is 0.288 e. The van der Waals surface area contributed by atoms with Crippen LogP contribution >= 0.6 is 11.8 Å². The van der Waals surface area contributed by atoms with Gasteiger partial charge in [0.05, 0.1) is 0 Å². The largest absolute Gasteiger partial charge is 0.454 e. The topological polar surface area (TPSA) is 71.3 Å². The molecule has 132 valence electrons. The summed E-state index contributed by atoms with van der Waals surface area (Å²) in [7, 11) is 0. The Morgan fingerprint density at radius 1 is 1.23 bits per heavy atom. The predicted molar refractivity (Wildman–Crippen MR) is 93.1 cm³/mol. The monoisotopic (exact) mass is 374 g/mol. The van der Waals surface area contributed by atoms with Crippen molar-refractivity contribution in [3.63, 3.8) is 0 Å². The Bertz CT molecular complexity index is 892. The first-order valence-corrected chi connectivity index (χ1v) is 8.31. The molecule has 8 heteroatoms. The molecule has 0 aliphatic carbocycles. The summed E-state index contributed by atoms with van der Waals surface area (Å²) in [6.45, 7) is 0.0806. The molecule has 1 aliphatic heterocycles. The molecule has 0 unspecified atom stereocenters. The molecule has 3 rings (SSSR count). The van der Waals surface area contributed by atoms with Crippen LogP contribution < -0.4 is 14.8 Å². The van der Waals surface area contributed by atoms with Crippen molar-refractivity contribution in [2.24, 2.45) is 0 Å². The van der Waals surface area contributed by atoms with Crippen LogP contribution in [0.3, 0.4) is 0 Å². The molecule has 0 saturated carbocycles. The van der Waals surface area contributed by atoms with Crippen LogP contribution in [0.5, 0.6) is 11.5 Å². The minimum Gasteiger partial charge on any atom is -0.454 e. The van der Waals surface area contributed by atoms with Crippen molar-refractivity contribution in [1.82, 2.24) is 0 Å². The number of rotatable bonds is 5. The Kier molecular flexibility index (Phi) is 5.39. The molecule has 1 N–H and O–H groups in total. The Morgan fingerprint density at radius 2 is 2.00 bits per heavy atom. The molecule has 0 aromatic heterocycles. The van der Waals surface area contributed by atoms with E-state index in [1.165, 1.54) is 30.3 Å². The minimum atomic E-state index is -2.51. The van der Waals surface area contributed by atoms with Crippen molar-refractivity contribution in [3.05, 3.63) is 53.6 Å². The van der Waals surface area contributed by atoms with Crippen molar-refractivity contribution >= 4 is 29.4 Å². The van der Waals surface area contributed by atoms with Gasteiger partial charge in [-0.25, -0.2) is 0 Å². The maximum absolute atomic E-state index is 12.3. The third kappa shape index (κ3) is 4.13. The summed E-state index contributed by atoms with van der Waals surface area (Å²) < 4.78 is 35.2. The lowest BCUT2D eigenvalue weighted by atomic mass is 10.1. The Hall–Kier alpha value is -3.05. The summed E-state index contributed by atoms with van der Waals surface area (Å²) in [5.41, 5.74) is 0.822. The van der Waals surface area contributed by atoms with Gasteiger partial charge < -0.3 is 14.8 Å². The third-order valence-electron chi connectivity index (χ3n) is 3.43. The second-order valence-electron chi connectivity index (χ2n) is 5.11. The van der Waals surface area contributed by atoms with Gasteiger partial charge >= 0.3 is 0 Å². The number of nitriles is 1. The van der Waals surface area contributed by atoms with Crippen molar-refractivity contribution in [3.8, 4) is 17.6 Å². The van der Waals surface area contributed by atoms with Crippen molar-refractivity contribution in [2.45, 2.75) is 10.7 Å². The van der Waals surface area contributed by atoms with E-state index >= 15 is 0 Å². The average molecular weight is 374 g/mol. The predicted octanol–water partition coefficient (Wildman–Crippen LogP) is 4.28. The highest BCUT2D eigenvalue weighted by molar-refractivity contribution is 7.99. The van der Waals surface area contributed by atoms with E-state index in [4.69, 9.17) is 9.47 Å². The summed E-state index contributed by atoms with van der Waals surface area (Å²) in [5.74, 6) is -2.11. The number of benzene rings is 2. The number of nitrogens with zero attached hydrogens (tertiary/aromatic N) is 1. The molecule has 0 radical (unpaired) electrons. The third-order valence-corrected chi connectivity index (χ3v) is 4.15. The lowest BCUT2D eigenvalue weighted by Gasteiger charge is -2.06. The van der Waals surface area contributed by atoms with Crippen LogP contribution in [0, 0.1) is 11.3 Å². The van der Waals surface area contributed by atoms with Crippen LogP contribution in [0.1, 0.15) is 5.56 Å². The number of halogens is 2. The number of anilines is 1. The fourth-order valence-electron chi connectivity index (χ4n) is 2.29. The molecular weight excluding hydrogens is 362 g/mol. The van der Waals surface area contributed by atoms with E-state index in [0.29, 0.717) is 39.4 Å². The SMILES string of the molecule is N#CC(=Cc1cccc2c1OCO2)C(=O)Nc1ccc(SC(F)F)cc1. The Morgan fingerprint density at radius 3 is 2.69 bits per heavy atom. The molecule has 0 saturated heterocycles. The second kappa shape index (κ2) is 7.89. The number of hydrogen-bond donors (Lipinski definition) is 1. The molecule has 0 atom stereocenters. The summed E-state index contributed by atoms with van der Waals surface area (Å²) in [6.07, 6.45) is 1.41. The molecule has 1 amide bonds. The molecule has 26 heavy (non-hydrogen) atoms. The van der Waals surface area contributed by atoms with E-state index in [-0.39, 0.29) is 12.4 Å². The van der Waals surface area contributed by atoms with Gasteiger partial charge in [0, 0.05) is 16.1 Å². The van der Waals surface area contributed by atoms with Gasteiger partial charge in [-0.3, -0.25) is 4.79 Å². The fourth-order valence-corrected chi connectivity index (χ4v) is 2.79. The van der Waals surface area contributed by atoms with Crippen LogP contribution in [0.2, 0.25) is 0 Å². The van der Waals surface area contributed by atoms with Crippen LogP contribution in [0.15, 0.2) is 52.9 Å². The van der Waals surface area contributed by atoms with Crippen LogP contribution in [0.4, 0.5) is 14.5 Å². The van der Waals surface area contributed by atoms with E-state index < -0.39 is 11.7 Å². The van der Waals surface area contributed by atoms with Crippen LogP contribution in [0.25, 0.3) is 6.08 Å². The van der Waals surface area contributed by atoms with Gasteiger partial charge in [0.1, 0.15) is 11.6 Å². The van der Waals surface area contributed by atoms with Crippen molar-refractivity contribution in [2.75, 3.05) is 12.1 Å². The molecule has 2 aromatic rings. The number of nitrogens with one attached hydrogen (secondary N) is 1. The lowest BCUT2D eigenvalue weighted by molar-refractivity contribution is -0.112. The number of alkyl halides is 2. The van der Waals surface area contributed by atoms with Gasteiger partial charge in [-0.2, -0.15) is 14.0 Å². The zero-order valence-electron chi connectivity index (χ0n) is 13.2. The quantitative estimate of drug-likeness (QED) is 0.481. The van der Waals surface area contributed by atoms with E-state index in [1.807, 2.05) is 6.07 Å². The number of para-hydroxylation sites is 1. The van der Waals surface area contributed by atoms with E-state index in [0.717, 1.165) is 0 Å². The first kappa shape index (κ1) is 17.8. The van der Waals surface area contributed by atoms with Crippen molar-refractivity contribution < 1.29 is 23.0 Å². The summed E-state index contributed by atoms with van der Waals surface area (Å²) in [5, 5.41) is 11.9. The Labute approximate surface area is 152 Å². The highest BCUT2D eigenvalue weighted by Crippen LogP contribution is 2.36. The second-order valence-corrected chi connectivity index (χ2v) is 6.17. The first-order chi connectivity index (χ1) is 12.6.